The number of aryl methyl sites for hydroxylation is 1. The zero-order valence-electron chi connectivity index (χ0n) is 13.7. The van der Waals surface area contributed by atoms with E-state index in [1.807, 2.05) is 36.5 Å². The summed E-state index contributed by atoms with van der Waals surface area (Å²) in [7, 11) is 1.91. The monoisotopic (exact) mass is 344 g/mol. The molecule has 1 amide bonds. The van der Waals surface area contributed by atoms with Crippen molar-refractivity contribution in [3.8, 4) is 0 Å². The number of nitrogens with one attached hydrogen (secondary N) is 1. The molecule has 126 valence electrons. The molecule has 1 N–H and O–H groups in total. The predicted octanol–water partition coefficient (Wildman–Crippen LogP) is 1.96. The van der Waals surface area contributed by atoms with Gasteiger partial charge in [-0.05, 0) is 29.2 Å². The van der Waals surface area contributed by atoms with Gasteiger partial charge in [-0.1, -0.05) is 23.7 Å². The lowest BCUT2D eigenvalue weighted by Crippen LogP contribution is -2.41. The molecule has 5 nitrogen and oxygen atoms in total. The molecule has 1 aromatic heterocycles. The van der Waals surface area contributed by atoms with Crippen molar-refractivity contribution in [3.05, 3.63) is 52.3 Å². The number of rotatable bonds is 2. The lowest BCUT2D eigenvalue weighted by atomic mass is 9.89. The van der Waals surface area contributed by atoms with Gasteiger partial charge >= 0.3 is 0 Å². The number of benzene rings is 1. The summed E-state index contributed by atoms with van der Waals surface area (Å²) < 4.78 is 1.80. The smallest absolute Gasteiger partial charge is 0.227 e. The summed E-state index contributed by atoms with van der Waals surface area (Å²) in [6, 6.07) is 5.97. The molecule has 4 rings (SSSR count). The molecule has 6 heteroatoms. The van der Waals surface area contributed by atoms with Crippen LogP contribution in [0.2, 0.25) is 5.02 Å². The van der Waals surface area contributed by atoms with Crippen molar-refractivity contribution in [2.75, 3.05) is 19.6 Å². The van der Waals surface area contributed by atoms with E-state index in [9.17, 15) is 4.79 Å². The van der Waals surface area contributed by atoms with Crippen molar-refractivity contribution in [2.24, 2.45) is 13.0 Å². The lowest BCUT2D eigenvalue weighted by molar-refractivity contribution is -0.136. The minimum absolute atomic E-state index is 0.0186. The fraction of sp³-hybridized carbons (Fsp3) is 0.444. The predicted molar refractivity (Wildman–Crippen MR) is 92.9 cm³/mol. The Bertz CT molecular complexity index is 772. The minimum atomic E-state index is -0.0186. The summed E-state index contributed by atoms with van der Waals surface area (Å²) in [5, 5.41) is 8.44. The van der Waals surface area contributed by atoms with Gasteiger partial charge in [-0.25, -0.2) is 0 Å². The molecule has 1 fully saturated rings. The SMILES string of the molecule is Cn1cc([C@H]2CNC[C@@H]2C(=O)N2CCc3c(Cl)cccc3C2)cn1. The van der Waals surface area contributed by atoms with Crippen LogP contribution < -0.4 is 5.32 Å². The largest absolute Gasteiger partial charge is 0.338 e. The van der Waals surface area contributed by atoms with Gasteiger partial charge < -0.3 is 10.2 Å². The summed E-state index contributed by atoms with van der Waals surface area (Å²) in [6.45, 7) is 2.96. The van der Waals surface area contributed by atoms with E-state index in [1.165, 1.54) is 11.1 Å². The second kappa shape index (κ2) is 6.22. The minimum Gasteiger partial charge on any atom is -0.338 e. The Kier molecular flexibility index (Phi) is 4.06. The Labute approximate surface area is 146 Å². The van der Waals surface area contributed by atoms with Gasteiger partial charge in [0.1, 0.15) is 0 Å². The number of hydrogen-bond donors (Lipinski definition) is 1. The van der Waals surface area contributed by atoms with E-state index in [0.29, 0.717) is 6.54 Å². The van der Waals surface area contributed by atoms with Gasteiger partial charge in [0, 0.05) is 50.4 Å². The number of nitrogens with zero attached hydrogens (tertiary/aromatic N) is 3. The first-order valence-electron chi connectivity index (χ1n) is 8.38. The van der Waals surface area contributed by atoms with E-state index in [2.05, 4.69) is 16.5 Å². The maximum Gasteiger partial charge on any atom is 0.227 e. The highest BCUT2D eigenvalue weighted by Gasteiger charge is 2.37. The van der Waals surface area contributed by atoms with Crippen molar-refractivity contribution < 1.29 is 4.79 Å². The Morgan fingerprint density at radius 2 is 2.25 bits per heavy atom. The molecule has 0 unspecified atom stereocenters. The van der Waals surface area contributed by atoms with Crippen LogP contribution in [0.1, 0.15) is 22.6 Å². The Morgan fingerprint density at radius 1 is 1.38 bits per heavy atom. The fourth-order valence-corrected chi connectivity index (χ4v) is 4.19. The fourth-order valence-electron chi connectivity index (χ4n) is 3.91. The maximum absolute atomic E-state index is 13.1. The first-order chi connectivity index (χ1) is 11.6. The average molecular weight is 345 g/mol. The van der Waals surface area contributed by atoms with E-state index < -0.39 is 0 Å². The molecular formula is C18H21ClN4O. The normalized spacial score (nSPS) is 23.3. The molecule has 2 aliphatic rings. The van der Waals surface area contributed by atoms with E-state index in [1.54, 1.807) is 4.68 Å². The Hall–Kier alpha value is -1.85. The standard InChI is InChI=1S/C18H21ClN4O/c1-22-10-13(7-21-22)15-8-20-9-16(15)18(24)23-6-5-14-12(11-23)3-2-4-17(14)19/h2-4,7,10,15-16,20H,5-6,8-9,11H2,1H3/t15-,16+/m1/s1. The third kappa shape index (κ3) is 2.72. The maximum atomic E-state index is 13.1. The molecule has 0 saturated carbocycles. The number of hydrogen-bond acceptors (Lipinski definition) is 3. The van der Waals surface area contributed by atoms with E-state index in [0.717, 1.165) is 36.6 Å². The van der Waals surface area contributed by atoms with Gasteiger partial charge in [0.2, 0.25) is 5.91 Å². The number of aromatic nitrogens is 2. The summed E-state index contributed by atoms with van der Waals surface area (Å²) in [5.74, 6) is 0.418. The molecular weight excluding hydrogens is 324 g/mol. The first kappa shape index (κ1) is 15.7. The highest BCUT2D eigenvalue weighted by molar-refractivity contribution is 6.31. The number of carbonyl (C=O) groups excluding carboxylic acids is 1. The van der Waals surface area contributed by atoms with Crippen LogP contribution in [0.25, 0.3) is 0 Å². The molecule has 0 spiro atoms. The number of carbonyl (C=O) groups is 1. The molecule has 0 radical (unpaired) electrons. The van der Waals surface area contributed by atoms with Crippen LogP contribution in [0.4, 0.5) is 0 Å². The molecule has 2 aromatic rings. The van der Waals surface area contributed by atoms with Crippen LogP contribution in [-0.4, -0.2) is 40.2 Å². The number of halogens is 1. The molecule has 1 saturated heterocycles. The summed E-state index contributed by atoms with van der Waals surface area (Å²) in [4.78, 5) is 15.1. The average Bonchev–Trinajstić information content (AvgIpc) is 3.22. The third-order valence-corrected chi connectivity index (χ3v) is 5.56. The molecule has 0 aliphatic carbocycles. The van der Waals surface area contributed by atoms with E-state index >= 15 is 0 Å². The van der Waals surface area contributed by atoms with Gasteiger partial charge in [-0.15, -0.1) is 0 Å². The zero-order chi connectivity index (χ0) is 16.7. The van der Waals surface area contributed by atoms with Crippen molar-refractivity contribution in [1.82, 2.24) is 20.0 Å². The van der Waals surface area contributed by atoms with Crippen molar-refractivity contribution >= 4 is 17.5 Å². The van der Waals surface area contributed by atoms with Crippen molar-refractivity contribution in [2.45, 2.75) is 18.9 Å². The summed E-state index contributed by atoms with van der Waals surface area (Å²) >= 11 is 6.28. The van der Waals surface area contributed by atoms with Gasteiger partial charge in [0.05, 0.1) is 12.1 Å². The van der Waals surface area contributed by atoms with E-state index in [4.69, 9.17) is 11.6 Å². The number of fused-ring (bicyclic) bond motifs is 1. The van der Waals surface area contributed by atoms with Crippen LogP contribution in [0, 0.1) is 5.92 Å². The molecule has 0 bridgehead atoms. The molecule has 1 aromatic carbocycles. The quantitative estimate of drug-likeness (QED) is 0.906. The van der Waals surface area contributed by atoms with Crippen molar-refractivity contribution in [3.63, 3.8) is 0 Å². The van der Waals surface area contributed by atoms with Crippen LogP contribution >= 0.6 is 11.6 Å². The van der Waals surface area contributed by atoms with Crippen molar-refractivity contribution in [1.29, 1.82) is 0 Å². The molecule has 2 atom stereocenters. The zero-order valence-corrected chi connectivity index (χ0v) is 14.5. The van der Waals surface area contributed by atoms with Gasteiger partial charge in [0.25, 0.3) is 0 Å². The second-order valence-corrected chi connectivity index (χ2v) is 7.11. The molecule has 24 heavy (non-hydrogen) atoms. The highest BCUT2D eigenvalue weighted by Crippen LogP contribution is 2.32. The molecule has 3 heterocycles. The topological polar surface area (TPSA) is 50.2 Å². The van der Waals surface area contributed by atoms with Crippen LogP contribution in [0.3, 0.4) is 0 Å². The summed E-state index contributed by atoms with van der Waals surface area (Å²) in [6.07, 6.45) is 4.73. The third-order valence-electron chi connectivity index (χ3n) is 5.20. The highest BCUT2D eigenvalue weighted by atomic mass is 35.5. The summed E-state index contributed by atoms with van der Waals surface area (Å²) in [5.41, 5.74) is 3.50. The van der Waals surface area contributed by atoms with Crippen LogP contribution in [-0.2, 0) is 24.8 Å². The number of amides is 1. The van der Waals surface area contributed by atoms with E-state index in [-0.39, 0.29) is 17.7 Å². The van der Waals surface area contributed by atoms with Gasteiger partial charge in [-0.2, -0.15) is 5.10 Å². The van der Waals surface area contributed by atoms with Gasteiger partial charge in [0.15, 0.2) is 0 Å². The Balaban J connectivity index is 1.53. The Morgan fingerprint density at radius 3 is 3.04 bits per heavy atom. The van der Waals surface area contributed by atoms with Gasteiger partial charge in [-0.3, -0.25) is 9.48 Å². The molecule has 2 aliphatic heterocycles. The van der Waals surface area contributed by atoms with Crippen LogP contribution in [0.5, 0.6) is 0 Å². The second-order valence-electron chi connectivity index (χ2n) is 6.71. The lowest BCUT2D eigenvalue weighted by Gasteiger charge is -2.32. The van der Waals surface area contributed by atoms with Crippen LogP contribution in [0.15, 0.2) is 30.6 Å². The first-order valence-corrected chi connectivity index (χ1v) is 8.75.